The number of amides is 1. The van der Waals surface area contributed by atoms with Crippen LogP contribution in [-0.4, -0.2) is 38.7 Å². The number of halogens is 1. The van der Waals surface area contributed by atoms with E-state index < -0.39 is 5.97 Å². The zero-order chi connectivity index (χ0) is 18.1. The summed E-state index contributed by atoms with van der Waals surface area (Å²) < 4.78 is 16.4. The van der Waals surface area contributed by atoms with Crippen LogP contribution in [0.1, 0.15) is 10.4 Å². The van der Waals surface area contributed by atoms with E-state index in [2.05, 4.69) is 21.2 Å². The highest BCUT2D eigenvalue weighted by Gasteiger charge is 2.09. The minimum Gasteiger partial charge on any atom is -0.497 e. The number of hydrogen-bond acceptors (Lipinski definition) is 5. The lowest BCUT2D eigenvalue weighted by Crippen LogP contribution is -2.31. The summed E-state index contributed by atoms with van der Waals surface area (Å²) in [7, 11) is 1.52. The van der Waals surface area contributed by atoms with E-state index in [1.165, 1.54) is 7.11 Å². The molecule has 0 saturated carbocycles. The number of rotatable bonds is 8. The standard InChI is InChI=1S/C18H18BrNO5/c1-23-16-4-2-3-13(11-16)18(22)20-12-17(21)25-10-9-24-15-7-5-14(19)6-8-15/h2-8,11H,9-10,12H2,1H3,(H,20,22). The van der Waals surface area contributed by atoms with Gasteiger partial charge in [-0.05, 0) is 42.5 Å². The first-order valence-electron chi connectivity index (χ1n) is 7.55. The van der Waals surface area contributed by atoms with Gasteiger partial charge in [-0.3, -0.25) is 9.59 Å². The fourth-order valence-electron chi connectivity index (χ4n) is 1.92. The van der Waals surface area contributed by atoms with Gasteiger partial charge in [0.2, 0.25) is 0 Å². The lowest BCUT2D eigenvalue weighted by atomic mass is 10.2. The van der Waals surface area contributed by atoms with Crippen molar-refractivity contribution in [3.05, 3.63) is 58.6 Å². The smallest absolute Gasteiger partial charge is 0.325 e. The van der Waals surface area contributed by atoms with E-state index in [1.54, 1.807) is 36.4 Å². The second-order valence-corrected chi connectivity index (χ2v) is 5.85. The number of benzene rings is 2. The molecule has 2 rings (SSSR count). The fraction of sp³-hybridized carbons (Fsp3) is 0.222. The highest BCUT2D eigenvalue weighted by atomic mass is 79.9. The van der Waals surface area contributed by atoms with Crippen LogP contribution in [0, 0.1) is 0 Å². The molecule has 0 unspecified atom stereocenters. The topological polar surface area (TPSA) is 73.9 Å². The summed E-state index contributed by atoms with van der Waals surface area (Å²) in [5.74, 6) is 0.350. The van der Waals surface area contributed by atoms with Crippen molar-refractivity contribution in [2.45, 2.75) is 0 Å². The molecule has 2 aromatic rings. The van der Waals surface area contributed by atoms with Crippen molar-refractivity contribution in [3.63, 3.8) is 0 Å². The third-order valence-electron chi connectivity index (χ3n) is 3.15. The predicted molar refractivity (Wildman–Crippen MR) is 95.9 cm³/mol. The van der Waals surface area contributed by atoms with Crippen LogP contribution in [0.2, 0.25) is 0 Å². The van der Waals surface area contributed by atoms with Gasteiger partial charge in [0.1, 0.15) is 31.3 Å². The van der Waals surface area contributed by atoms with Crippen molar-refractivity contribution in [2.75, 3.05) is 26.9 Å². The molecule has 0 radical (unpaired) electrons. The van der Waals surface area contributed by atoms with E-state index in [0.29, 0.717) is 17.1 Å². The minimum atomic E-state index is -0.532. The van der Waals surface area contributed by atoms with Gasteiger partial charge in [0, 0.05) is 10.0 Å². The van der Waals surface area contributed by atoms with Crippen LogP contribution < -0.4 is 14.8 Å². The predicted octanol–water partition coefficient (Wildman–Crippen LogP) is 2.81. The Balaban J connectivity index is 1.66. The minimum absolute atomic E-state index is 0.101. The Morgan fingerprint density at radius 2 is 1.80 bits per heavy atom. The van der Waals surface area contributed by atoms with Crippen LogP contribution in [0.4, 0.5) is 0 Å². The maximum Gasteiger partial charge on any atom is 0.325 e. The van der Waals surface area contributed by atoms with E-state index in [1.807, 2.05) is 12.1 Å². The molecule has 0 aliphatic carbocycles. The summed E-state index contributed by atoms with van der Waals surface area (Å²) >= 11 is 3.33. The maximum absolute atomic E-state index is 12.0. The molecule has 0 heterocycles. The molecule has 0 aromatic heterocycles. The third kappa shape index (κ3) is 6.46. The van der Waals surface area contributed by atoms with Gasteiger partial charge in [-0.15, -0.1) is 0 Å². The lowest BCUT2D eigenvalue weighted by Gasteiger charge is -2.09. The van der Waals surface area contributed by atoms with Crippen molar-refractivity contribution in [1.82, 2.24) is 5.32 Å². The first-order chi connectivity index (χ1) is 12.1. The average molecular weight is 408 g/mol. The Bertz CT molecular complexity index is 718. The summed E-state index contributed by atoms with van der Waals surface area (Å²) in [6, 6.07) is 14.0. The van der Waals surface area contributed by atoms with Crippen molar-refractivity contribution in [3.8, 4) is 11.5 Å². The van der Waals surface area contributed by atoms with Crippen molar-refractivity contribution in [2.24, 2.45) is 0 Å². The summed E-state index contributed by atoms with van der Waals surface area (Å²) in [4.78, 5) is 23.6. The molecule has 1 N–H and O–H groups in total. The summed E-state index contributed by atoms with van der Waals surface area (Å²) in [5, 5.41) is 2.50. The van der Waals surface area contributed by atoms with E-state index in [4.69, 9.17) is 14.2 Å². The van der Waals surface area contributed by atoms with Crippen molar-refractivity contribution < 1.29 is 23.8 Å². The largest absolute Gasteiger partial charge is 0.497 e. The Morgan fingerprint density at radius 1 is 1.04 bits per heavy atom. The maximum atomic E-state index is 12.0. The molecular formula is C18H18BrNO5. The zero-order valence-corrected chi connectivity index (χ0v) is 15.2. The monoisotopic (exact) mass is 407 g/mol. The van der Waals surface area contributed by atoms with Crippen molar-refractivity contribution >= 4 is 27.8 Å². The molecule has 132 valence electrons. The molecule has 0 atom stereocenters. The van der Waals surface area contributed by atoms with Crippen LogP contribution in [0.5, 0.6) is 11.5 Å². The Labute approximate surface area is 154 Å². The number of carbonyl (C=O) groups is 2. The molecule has 0 fully saturated rings. The highest BCUT2D eigenvalue weighted by Crippen LogP contribution is 2.15. The lowest BCUT2D eigenvalue weighted by molar-refractivity contribution is -0.143. The summed E-state index contributed by atoms with van der Waals surface area (Å²) in [6.45, 7) is 0.120. The van der Waals surface area contributed by atoms with E-state index in [0.717, 1.165) is 4.47 Å². The van der Waals surface area contributed by atoms with Gasteiger partial charge in [0.15, 0.2) is 0 Å². The van der Waals surface area contributed by atoms with Crippen LogP contribution >= 0.6 is 15.9 Å². The highest BCUT2D eigenvalue weighted by molar-refractivity contribution is 9.10. The number of methoxy groups -OCH3 is 1. The molecule has 0 spiro atoms. The molecule has 0 aliphatic rings. The molecular weight excluding hydrogens is 390 g/mol. The summed E-state index contributed by atoms with van der Waals surface area (Å²) in [5.41, 5.74) is 0.408. The quantitative estimate of drug-likeness (QED) is 0.537. The summed E-state index contributed by atoms with van der Waals surface area (Å²) in [6.07, 6.45) is 0. The van der Waals surface area contributed by atoms with Crippen molar-refractivity contribution in [1.29, 1.82) is 0 Å². The number of ether oxygens (including phenoxy) is 3. The van der Waals surface area contributed by atoms with E-state index in [9.17, 15) is 9.59 Å². The van der Waals surface area contributed by atoms with Gasteiger partial charge in [0.05, 0.1) is 7.11 Å². The molecule has 6 nitrogen and oxygen atoms in total. The number of esters is 1. The molecule has 0 bridgehead atoms. The number of nitrogens with one attached hydrogen (secondary N) is 1. The van der Waals surface area contributed by atoms with Gasteiger partial charge in [0.25, 0.3) is 5.91 Å². The van der Waals surface area contributed by atoms with Gasteiger partial charge < -0.3 is 19.5 Å². The number of hydrogen-bond donors (Lipinski definition) is 1. The fourth-order valence-corrected chi connectivity index (χ4v) is 2.18. The van der Waals surface area contributed by atoms with Gasteiger partial charge >= 0.3 is 5.97 Å². The molecule has 7 heteroatoms. The Kier molecular flexibility index (Phi) is 7.28. The van der Waals surface area contributed by atoms with Crippen LogP contribution in [0.15, 0.2) is 53.0 Å². The average Bonchev–Trinajstić information content (AvgIpc) is 2.64. The number of carbonyl (C=O) groups excluding carboxylic acids is 2. The molecule has 2 aromatic carbocycles. The first-order valence-corrected chi connectivity index (χ1v) is 8.34. The molecule has 25 heavy (non-hydrogen) atoms. The molecule has 1 amide bonds. The molecule has 0 saturated heterocycles. The normalized spacial score (nSPS) is 10.0. The Hall–Kier alpha value is -2.54. The first kappa shape index (κ1) is 18.8. The SMILES string of the molecule is COc1cccc(C(=O)NCC(=O)OCCOc2ccc(Br)cc2)c1. The second-order valence-electron chi connectivity index (χ2n) is 4.94. The van der Waals surface area contributed by atoms with E-state index in [-0.39, 0.29) is 25.7 Å². The van der Waals surface area contributed by atoms with Crippen LogP contribution in [-0.2, 0) is 9.53 Å². The third-order valence-corrected chi connectivity index (χ3v) is 3.68. The second kappa shape index (κ2) is 9.68. The van der Waals surface area contributed by atoms with Crippen LogP contribution in [0.25, 0.3) is 0 Å². The van der Waals surface area contributed by atoms with Gasteiger partial charge in [-0.25, -0.2) is 0 Å². The molecule has 0 aliphatic heterocycles. The zero-order valence-electron chi connectivity index (χ0n) is 13.7. The van der Waals surface area contributed by atoms with Crippen LogP contribution in [0.3, 0.4) is 0 Å². The van der Waals surface area contributed by atoms with Gasteiger partial charge in [-0.1, -0.05) is 22.0 Å². The Morgan fingerprint density at radius 3 is 2.52 bits per heavy atom. The van der Waals surface area contributed by atoms with Gasteiger partial charge in [-0.2, -0.15) is 0 Å². The van der Waals surface area contributed by atoms with E-state index >= 15 is 0 Å².